The molecule has 0 aromatic rings. The van der Waals surface area contributed by atoms with E-state index in [1.54, 1.807) is 4.90 Å². The minimum absolute atomic E-state index is 0.0524. The lowest BCUT2D eigenvalue weighted by Crippen LogP contribution is -2.47. The quantitative estimate of drug-likeness (QED) is 0.740. The highest BCUT2D eigenvalue weighted by Gasteiger charge is 2.27. The Kier molecular flexibility index (Phi) is 5.34. The van der Waals surface area contributed by atoms with Gasteiger partial charge in [0.25, 0.3) is 0 Å². The molecule has 1 amide bonds. The number of likely N-dealkylation sites (tertiary alicyclic amines) is 1. The van der Waals surface area contributed by atoms with E-state index in [1.807, 2.05) is 13.8 Å². The van der Waals surface area contributed by atoms with Crippen molar-refractivity contribution in [3.8, 4) is 0 Å². The Morgan fingerprint density at radius 1 is 1.47 bits per heavy atom. The van der Waals surface area contributed by atoms with E-state index in [0.717, 1.165) is 25.6 Å². The zero-order valence-corrected chi connectivity index (χ0v) is 12.8. The van der Waals surface area contributed by atoms with Crippen LogP contribution in [0.3, 0.4) is 0 Å². The second-order valence-corrected chi connectivity index (χ2v) is 7.97. The van der Waals surface area contributed by atoms with Gasteiger partial charge in [-0.2, -0.15) is 0 Å². The molecule has 0 saturated carbocycles. The number of piperidine rings is 1. The lowest BCUT2D eigenvalue weighted by molar-refractivity contribution is -0.133. The summed E-state index contributed by atoms with van der Waals surface area (Å²) < 4.78 is 24.6. The van der Waals surface area contributed by atoms with Crippen LogP contribution >= 0.6 is 0 Å². The Morgan fingerprint density at radius 3 is 2.63 bits per heavy atom. The summed E-state index contributed by atoms with van der Waals surface area (Å²) in [6, 6.07) is 0. The number of carbonyl (C=O) groups excluding carboxylic acids is 1. The SMILES string of the molecule is CC(C)(N)CC(=O)N1CCCC(CNS(C)(=O)=O)C1. The van der Waals surface area contributed by atoms with Gasteiger partial charge in [-0.25, -0.2) is 13.1 Å². The molecule has 112 valence electrons. The van der Waals surface area contributed by atoms with E-state index < -0.39 is 15.6 Å². The van der Waals surface area contributed by atoms with Crippen molar-refractivity contribution in [2.45, 2.75) is 38.6 Å². The van der Waals surface area contributed by atoms with Crippen LogP contribution in [0.1, 0.15) is 33.1 Å². The van der Waals surface area contributed by atoms with Crippen LogP contribution in [-0.4, -0.2) is 50.7 Å². The molecule has 1 rings (SSSR count). The highest BCUT2D eigenvalue weighted by atomic mass is 32.2. The van der Waals surface area contributed by atoms with Gasteiger partial charge in [-0.1, -0.05) is 0 Å². The second-order valence-electron chi connectivity index (χ2n) is 6.13. The van der Waals surface area contributed by atoms with Crippen molar-refractivity contribution in [1.82, 2.24) is 9.62 Å². The van der Waals surface area contributed by atoms with Crippen LogP contribution in [0.5, 0.6) is 0 Å². The van der Waals surface area contributed by atoms with Crippen LogP contribution in [0.15, 0.2) is 0 Å². The summed E-state index contributed by atoms with van der Waals surface area (Å²) >= 11 is 0. The van der Waals surface area contributed by atoms with Crippen LogP contribution in [0.25, 0.3) is 0 Å². The number of amides is 1. The number of nitrogens with zero attached hydrogens (tertiary/aromatic N) is 1. The molecule has 0 spiro atoms. The van der Waals surface area contributed by atoms with Crippen molar-refractivity contribution >= 4 is 15.9 Å². The van der Waals surface area contributed by atoms with Crippen LogP contribution in [-0.2, 0) is 14.8 Å². The van der Waals surface area contributed by atoms with Crippen molar-refractivity contribution in [3.63, 3.8) is 0 Å². The summed E-state index contributed by atoms with van der Waals surface area (Å²) in [5, 5.41) is 0. The molecule has 1 atom stereocenters. The zero-order valence-electron chi connectivity index (χ0n) is 12.0. The lowest BCUT2D eigenvalue weighted by Gasteiger charge is -2.34. The van der Waals surface area contributed by atoms with Gasteiger partial charge in [0.1, 0.15) is 0 Å². The van der Waals surface area contributed by atoms with Crippen molar-refractivity contribution < 1.29 is 13.2 Å². The van der Waals surface area contributed by atoms with E-state index in [4.69, 9.17) is 5.73 Å². The molecule has 6 nitrogen and oxygen atoms in total. The van der Waals surface area contributed by atoms with Gasteiger partial charge in [-0.05, 0) is 32.6 Å². The van der Waals surface area contributed by atoms with Crippen LogP contribution in [0, 0.1) is 5.92 Å². The molecule has 1 aliphatic rings. The van der Waals surface area contributed by atoms with Crippen molar-refractivity contribution in [3.05, 3.63) is 0 Å². The van der Waals surface area contributed by atoms with E-state index in [9.17, 15) is 13.2 Å². The van der Waals surface area contributed by atoms with Gasteiger partial charge in [0.05, 0.1) is 6.26 Å². The molecule has 1 heterocycles. The highest BCUT2D eigenvalue weighted by molar-refractivity contribution is 7.88. The molecule has 0 aliphatic carbocycles. The zero-order chi connectivity index (χ0) is 14.7. The average Bonchev–Trinajstić information content (AvgIpc) is 2.23. The third kappa shape index (κ3) is 6.89. The lowest BCUT2D eigenvalue weighted by atomic mass is 9.96. The first-order valence-corrected chi connectivity index (χ1v) is 8.47. The average molecular weight is 291 g/mol. The number of carbonyl (C=O) groups is 1. The number of sulfonamides is 1. The fraction of sp³-hybridized carbons (Fsp3) is 0.917. The number of nitrogens with two attached hydrogens (primary N) is 1. The molecule has 0 aromatic heterocycles. The van der Waals surface area contributed by atoms with Gasteiger partial charge in [0.15, 0.2) is 0 Å². The predicted molar refractivity (Wildman–Crippen MR) is 75.0 cm³/mol. The maximum absolute atomic E-state index is 12.1. The van der Waals surface area contributed by atoms with Gasteiger partial charge >= 0.3 is 0 Å². The van der Waals surface area contributed by atoms with Gasteiger partial charge in [-0.15, -0.1) is 0 Å². The van der Waals surface area contributed by atoms with Crippen molar-refractivity contribution in [1.29, 1.82) is 0 Å². The third-order valence-corrected chi connectivity index (χ3v) is 3.80. The molecule has 0 aromatic carbocycles. The Morgan fingerprint density at radius 2 is 2.11 bits per heavy atom. The molecular formula is C12H25N3O3S. The normalized spacial score (nSPS) is 21.5. The minimum Gasteiger partial charge on any atom is -0.342 e. The standard InChI is InChI=1S/C12H25N3O3S/c1-12(2,13)7-11(16)15-6-4-5-10(9-15)8-14-19(3,17)18/h10,14H,4-9,13H2,1-3H3. The number of hydrogen-bond donors (Lipinski definition) is 2. The predicted octanol–water partition coefficient (Wildman–Crippen LogP) is -0.0984. The monoisotopic (exact) mass is 291 g/mol. The topological polar surface area (TPSA) is 92.5 Å². The molecule has 1 aliphatic heterocycles. The van der Waals surface area contributed by atoms with Crippen LogP contribution in [0.4, 0.5) is 0 Å². The van der Waals surface area contributed by atoms with E-state index in [-0.39, 0.29) is 11.8 Å². The van der Waals surface area contributed by atoms with E-state index in [0.29, 0.717) is 19.5 Å². The van der Waals surface area contributed by atoms with E-state index in [2.05, 4.69) is 4.72 Å². The maximum atomic E-state index is 12.1. The summed E-state index contributed by atoms with van der Waals surface area (Å²) in [5.41, 5.74) is 5.35. The van der Waals surface area contributed by atoms with Crippen molar-refractivity contribution in [2.24, 2.45) is 11.7 Å². The van der Waals surface area contributed by atoms with E-state index >= 15 is 0 Å². The maximum Gasteiger partial charge on any atom is 0.224 e. The van der Waals surface area contributed by atoms with E-state index in [1.165, 1.54) is 0 Å². The largest absolute Gasteiger partial charge is 0.342 e. The third-order valence-electron chi connectivity index (χ3n) is 3.11. The molecule has 1 saturated heterocycles. The Balaban J connectivity index is 2.48. The number of hydrogen-bond acceptors (Lipinski definition) is 4. The Bertz CT molecular complexity index is 414. The second kappa shape index (κ2) is 6.19. The molecule has 1 unspecified atom stereocenters. The first-order chi connectivity index (χ1) is 8.57. The van der Waals surface area contributed by atoms with Gasteiger partial charge < -0.3 is 10.6 Å². The molecule has 0 radical (unpaired) electrons. The highest BCUT2D eigenvalue weighted by Crippen LogP contribution is 2.18. The Hall–Kier alpha value is -0.660. The molecule has 3 N–H and O–H groups in total. The smallest absolute Gasteiger partial charge is 0.224 e. The fourth-order valence-electron chi connectivity index (χ4n) is 2.23. The molecular weight excluding hydrogens is 266 g/mol. The number of nitrogens with one attached hydrogen (secondary N) is 1. The molecule has 19 heavy (non-hydrogen) atoms. The van der Waals surface area contributed by atoms with Gasteiger partial charge in [0, 0.05) is 31.6 Å². The summed E-state index contributed by atoms with van der Waals surface area (Å²) in [6.07, 6.45) is 3.32. The van der Waals surface area contributed by atoms with Crippen LogP contribution in [0.2, 0.25) is 0 Å². The van der Waals surface area contributed by atoms with Gasteiger partial charge in [0.2, 0.25) is 15.9 Å². The first kappa shape index (κ1) is 16.4. The fourth-order valence-corrected chi connectivity index (χ4v) is 2.77. The van der Waals surface area contributed by atoms with Crippen molar-refractivity contribution in [2.75, 3.05) is 25.9 Å². The Labute approximate surface area is 115 Å². The summed E-state index contributed by atoms with van der Waals surface area (Å²) in [6.45, 7) is 5.41. The summed E-state index contributed by atoms with van der Waals surface area (Å²) in [4.78, 5) is 13.9. The summed E-state index contributed by atoms with van der Waals surface area (Å²) in [5.74, 6) is 0.241. The molecule has 0 bridgehead atoms. The van der Waals surface area contributed by atoms with Crippen LogP contribution < -0.4 is 10.5 Å². The first-order valence-electron chi connectivity index (χ1n) is 6.58. The number of rotatable bonds is 5. The summed E-state index contributed by atoms with van der Waals surface area (Å²) in [7, 11) is -3.16. The minimum atomic E-state index is -3.16. The molecule has 1 fully saturated rings. The molecule has 7 heteroatoms. The van der Waals surface area contributed by atoms with Gasteiger partial charge in [-0.3, -0.25) is 4.79 Å².